The number of hydrogen-bond acceptors (Lipinski definition) is 2. The fourth-order valence-corrected chi connectivity index (χ4v) is 2.35. The Bertz CT molecular complexity index is 425. The fraction of sp³-hybridized carbons (Fsp3) is 0.538. The zero-order valence-electron chi connectivity index (χ0n) is 10.4. The molecule has 0 bridgehead atoms. The molecule has 0 radical (unpaired) electrons. The summed E-state index contributed by atoms with van der Waals surface area (Å²) in [4.78, 5) is 1.70. The van der Waals surface area contributed by atoms with E-state index in [9.17, 15) is 17.6 Å². The molecule has 1 saturated heterocycles. The second-order valence-electron chi connectivity index (χ2n) is 4.68. The third kappa shape index (κ3) is 3.83. The summed E-state index contributed by atoms with van der Waals surface area (Å²) in [6.07, 6.45) is -0.877. The topological polar surface area (TPSA) is 15.3 Å². The maximum absolute atomic E-state index is 13.6. The van der Waals surface area contributed by atoms with Crippen molar-refractivity contribution in [3.63, 3.8) is 0 Å². The third-order valence-electron chi connectivity index (χ3n) is 3.23. The smallest absolute Gasteiger partial charge is 0.250 e. The molecule has 0 aliphatic carbocycles. The lowest BCUT2D eigenvalue weighted by molar-refractivity contribution is 0.140. The Kier molecular flexibility index (Phi) is 4.63. The summed E-state index contributed by atoms with van der Waals surface area (Å²) < 4.78 is 51.1. The molecule has 1 heterocycles. The summed E-state index contributed by atoms with van der Waals surface area (Å²) in [5.41, 5.74) is 0.198. The van der Waals surface area contributed by atoms with Gasteiger partial charge in [0.15, 0.2) is 0 Å². The van der Waals surface area contributed by atoms with Crippen molar-refractivity contribution in [2.75, 3.05) is 24.5 Å². The van der Waals surface area contributed by atoms with Gasteiger partial charge in [0.1, 0.15) is 11.6 Å². The molecule has 1 aliphatic rings. The first-order valence-corrected chi connectivity index (χ1v) is 6.28. The van der Waals surface area contributed by atoms with Gasteiger partial charge in [-0.25, -0.2) is 17.6 Å². The maximum Gasteiger partial charge on any atom is 0.250 e. The highest BCUT2D eigenvalue weighted by Gasteiger charge is 2.22. The lowest BCUT2D eigenvalue weighted by atomic mass is 10.0. The molecule has 1 aromatic carbocycles. The first-order valence-electron chi connectivity index (χ1n) is 6.28. The normalized spacial score (nSPS) is 20.1. The Morgan fingerprint density at radius 3 is 2.84 bits per heavy atom. The van der Waals surface area contributed by atoms with Gasteiger partial charge in [-0.2, -0.15) is 0 Å². The van der Waals surface area contributed by atoms with Crippen molar-refractivity contribution in [3.8, 4) is 0 Å². The summed E-state index contributed by atoms with van der Waals surface area (Å²) in [6.45, 7) is 0.643. The van der Waals surface area contributed by atoms with Gasteiger partial charge in [0.05, 0.1) is 12.2 Å². The molecule has 6 heteroatoms. The minimum atomic E-state index is -2.40. The Morgan fingerprint density at radius 2 is 2.11 bits per heavy atom. The number of piperidine rings is 1. The largest absolute Gasteiger partial charge is 0.368 e. The average Bonchev–Trinajstić information content (AvgIpc) is 2.39. The molecule has 1 aliphatic heterocycles. The van der Waals surface area contributed by atoms with E-state index >= 15 is 0 Å². The number of nitrogens with zero attached hydrogens (tertiary/aromatic N) is 1. The average molecular weight is 276 g/mol. The minimum Gasteiger partial charge on any atom is -0.368 e. The van der Waals surface area contributed by atoms with Crippen LogP contribution in [0.2, 0.25) is 0 Å². The molecule has 0 amide bonds. The zero-order chi connectivity index (χ0) is 13.8. The number of nitrogens with one attached hydrogen (secondary N) is 1. The number of halogens is 4. The Hall–Kier alpha value is -1.30. The highest BCUT2D eigenvalue weighted by molar-refractivity contribution is 5.48. The predicted molar refractivity (Wildman–Crippen MR) is 65.6 cm³/mol. The molecule has 0 aromatic heterocycles. The van der Waals surface area contributed by atoms with E-state index in [0.29, 0.717) is 13.1 Å². The van der Waals surface area contributed by atoms with Crippen LogP contribution in [0, 0.1) is 11.6 Å². The van der Waals surface area contributed by atoms with Crippen LogP contribution in [0.25, 0.3) is 0 Å². The molecular weight excluding hydrogens is 260 g/mol. The van der Waals surface area contributed by atoms with Gasteiger partial charge in [0.25, 0.3) is 6.43 Å². The predicted octanol–water partition coefficient (Wildman–Crippen LogP) is 2.79. The summed E-state index contributed by atoms with van der Waals surface area (Å²) in [7, 11) is 0. The molecular formula is C13H16F4N2. The highest BCUT2D eigenvalue weighted by Crippen LogP contribution is 2.24. The molecule has 0 saturated carbocycles. The standard InChI is InChI=1S/C13H16F4N2/c14-9-3-4-11(15)12(6-9)19-5-1-2-10(8-19)18-7-13(16)17/h3-4,6,10,13,18H,1-2,5,7-8H2. The quantitative estimate of drug-likeness (QED) is 0.851. The van der Waals surface area contributed by atoms with Crippen molar-refractivity contribution in [1.82, 2.24) is 5.32 Å². The second kappa shape index (κ2) is 6.23. The van der Waals surface area contributed by atoms with Crippen LogP contribution in [0.1, 0.15) is 12.8 Å². The van der Waals surface area contributed by atoms with Crippen molar-refractivity contribution in [3.05, 3.63) is 29.8 Å². The van der Waals surface area contributed by atoms with E-state index in [1.54, 1.807) is 4.90 Å². The third-order valence-corrected chi connectivity index (χ3v) is 3.23. The van der Waals surface area contributed by atoms with Crippen LogP contribution in [-0.4, -0.2) is 32.1 Å². The van der Waals surface area contributed by atoms with Gasteiger partial charge in [-0.1, -0.05) is 0 Å². The number of anilines is 1. The van der Waals surface area contributed by atoms with Crippen LogP contribution < -0.4 is 10.2 Å². The van der Waals surface area contributed by atoms with Gasteiger partial charge in [-0.15, -0.1) is 0 Å². The first-order chi connectivity index (χ1) is 9.06. The van der Waals surface area contributed by atoms with Crippen LogP contribution in [0.15, 0.2) is 18.2 Å². The Balaban J connectivity index is 2.02. The van der Waals surface area contributed by atoms with E-state index in [1.165, 1.54) is 0 Å². The van der Waals surface area contributed by atoms with Crippen LogP contribution in [0.3, 0.4) is 0 Å². The van der Waals surface area contributed by atoms with E-state index in [4.69, 9.17) is 0 Å². The summed E-state index contributed by atoms with van der Waals surface area (Å²) in [6, 6.07) is 3.17. The summed E-state index contributed by atoms with van der Waals surface area (Å²) in [5, 5.41) is 2.75. The van der Waals surface area contributed by atoms with E-state index in [1.807, 2.05) is 0 Å². The van der Waals surface area contributed by atoms with Gasteiger partial charge in [0, 0.05) is 25.2 Å². The van der Waals surface area contributed by atoms with Crippen LogP contribution >= 0.6 is 0 Å². The van der Waals surface area contributed by atoms with Gasteiger partial charge in [0.2, 0.25) is 0 Å². The molecule has 0 spiro atoms. The zero-order valence-corrected chi connectivity index (χ0v) is 10.4. The molecule has 1 fully saturated rings. The van der Waals surface area contributed by atoms with Crippen molar-refractivity contribution >= 4 is 5.69 Å². The Morgan fingerprint density at radius 1 is 1.32 bits per heavy atom. The number of hydrogen-bond donors (Lipinski definition) is 1. The van der Waals surface area contributed by atoms with Crippen molar-refractivity contribution < 1.29 is 17.6 Å². The summed E-state index contributed by atoms with van der Waals surface area (Å²) >= 11 is 0. The van der Waals surface area contributed by atoms with Crippen LogP contribution in [0.4, 0.5) is 23.2 Å². The molecule has 19 heavy (non-hydrogen) atoms. The van der Waals surface area contributed by atoms with Gasteiger partial charge in [-0.3, -0.25) is 0 Å². The lowest BCUT2D eigenvalue weighted by Crippen LogP contribution is -2.47. The van der Waals surface area contributed by atoms with E-state index in [2.05, 4.69) is 5.32 Å². The summed E-state index contributed by atoms with van der Waals surface area (Å²) in [5.74, 6) is -0.991. The van der Waals surface area contributed by atoms with E-state index in [0.717, 1.165) is 31.0 Å². The van der Waals surface area contributed by atoms with Gasteiger partial charge in [-0.05, 0) is 25.0 Å². The SMILES string of the molecule is Fc1ccc(F)c(N2CCCC(NCC(F)F)C2)c1. The molecule has 1 unspecified atom stereocenters. The molecule has 106 valence electrons. The monoisotopic (exact) mass is 276 g/mol. The van der Waals surface area contributed by atoms with Gasteiger partial charge < -0.3 is 10.2 Å². The second-order valence-corrected chi connectivity index (χ2v) is 4.68. The minimum absolute atomic E-state index is 0.120. The number of alkyl halides is 2. The van der Waals surface area contributed by atoms with Crippen molar-refractivity contribution in [2.24, 2.45) is 0 Å². The van der Waals surface area contributed by atoms with Crippen molar-refractivity contribution in [2.45, 2.75) is 25.3 Å². The number of rotatable bonds is 4. The highest BCUT2D eigenvalue weighted by atomic mass is 19.3. The molecule has 1 N–H and O–H groups in total. The van der Waals surface area contributed by atoms with Crippen LogP contribution in [-0.2, 0) is 0 Å². The van der Waals surface area contributed by atoms with Crippen molar-refractivity contribution in [1.29, 1.82) is 0 Å². The molecule has 1 atom stereocenters. The van der Waals surface area contributed by atoms with Crippen LogP contribution in [0.5, 0.6) is 0 Å². The Labute approximate surface area is 109 Å². The van der Waals surface area contributed by atoms with E-state index < -0.39 is 18.1 Å². The molecule has 1 aromatic rings. The number of benzene rings is 1. The fourth-order valence-electron chi connectivity index (χ4n) is 2.35. The molecule has 2 nitrogen and oxygen atoms in total. The maximum atomic E-state index is 13.6. The lowest BCUT2D eigenvalue weighted by Gasteiger charge is -2.35. The first kappa shape index (κ1) is 14.1. The van der Waals surface area contributed by atoms with E-state index in [-0.39, 0.29) is 18.3 Å². The van der Waals surface area contributed by atoms with Gasteiger partial charge >= 0.3 is 0 Å². The molecule has 2 rings (SSSR count).